The molecule has 1 aromatic carbocycles. The van der Waals surface area contributed by atoms with E-state index >= 15 is 0 Å². The van der Waals surface area contributed by atoms with Crippen molar-refractivity contribution in [2.75, 3.05) is 6.54 Å². The highest BCUT2D eigenvalue weighted by atomic mass is 19.4. The third-order valence-corrected chi connectivity index (χ3v) is 2.64. The summed E-state index contributed by atoms with van der Waals surface area (Å²) < 4.78 is 46.5. The number of rotatable bonds is 5. The van der Waals surface area contributed by atoms with E-state index in [9.17, 15) is 13.2 Å². The van der Waals surface area contributed by atoms with Gasteiger partial charge in [-0.1, -0.05) is 12.1 Å². The third-order valence-electron chi connectivity index (χ3n) is 2.64. The molecule has 2 rings (SSSR count). The number of hydrogen-bond donors (Lipinski definition) is 1. The van der Waals surface area contributed by atoms with Crippen molar-refractivity contribution in [2.24, 2.45) is 5.73 Å². The maximum atomic E-state index is 12.4. The van der Waals surface area contributed by atoms with E-state index in [-0.39, 0.29) is 12.3 Å². The van der Waals surface area contributed by atoms with Crippen molar-refractivity contribution in [2.45, 2.75) is 12.5 Å². The first-order valence-corrected chi connectivity index (χ1v) is 6.11. The van der Waals surface area contributed by atoms with Gasteiger partial charge in [-0.2, -0.15) is 0 Å². The highest BCUT2D eigenvalue weighted by molar-refractivity contribution is 5.40. The molecule has 4 nitrogen and oxygen atoms in total. The van der Waals surface area contributed by atoms with Crippen molar-refractivity contribution >= 4 is 0 Å². The number of nitrogens with two attached hydrogens (primary N) is 1. The van der Waals surface area contributed by atoms with Gasteiger partial charge in [0.2, 0.25) is 0 Å². The molecule has 21 heavy (non-hydrogen) atoms. The van der Waals surface area contributed by atoms with Gasteiger partial charge in [-0.3, -0.25) is 4.98 Å². The molecule has 0 bridgehead atoms. The number of halogens is 3. The monoisotopic (exact) mass is 298 g/mol. The molecule has 1 unspecified atom stereocenters. The van der Waals surface area contributed by atoms with Gasteiger partial charge < -0.3 is 15.2 Å². The predicted octanol–water partition coefficient (Wildman–Crippen LogP) is 3.06. The van der Waals surface area contributed by atoms with Gasteiger partial charge in [0.15, 0.2) is 11.5 Å². The Hall–Kier alpha value is -2.28. The molecule has 112 valence electrons. The van der Waals surface area contributed by atoms with Crippen molar-refractivity contribution in [1.29, 1.82) is 0 Å². The minimum absolute atomic E-state index is 0.0258. The Balaban J connectivity index is 2.22. The first-order chi connectivity index (χ1) is 9.99. The molecule has 1 aromatic heterocycles. The lowest BCUT2D eigenvalue weighted by Crippen LogP contribution is -2.21. The van der Waals surface area contributed by atoms with Gasteiger partial charge in [0.1, 0.15) is 6.10 Å². The Morgan fingerprint density at radius 2 is 1.67 bits per heavy atom. The van der Waals surface area contributed by atoms with E-state index < -0.39 is 18.2 Å². The van der Waals surface area contributed by atoms with Crippen molar-refractivity contribution in [1.82, 2.24) is 4.98 Å². The lowest BCUT2D eigenvalue weighted by atomic mass is 10.1. The second-order valence-corrected chi connectivity index (χ2v) is 4.12. The second kappa shape index (κ2) is 6.45. The van der Waals surface area contributed by atoms with Crippen LogP contribution in [0.1, 0.15) is 11.7 Å². The molecule has 2 aromatic rings. The fraction of sp³-hybridized carbons (Fsp3) is 0.214. The van der Waals surface area contributed by atoms with Crippen LogP contribution in [0.3, 0.4) is 0 Å². The van der Waals surface area contributed by atoms with E-state index in [0.29, 0.717) is 5.56 Å². The summed E-state index contributed by atoms with van der Waals surface area (Å²) in [5.41, 5.74) is 6.34. The lowest BCUT2D eigenvalue weighted by Gasteiger charge is -2.20. The maximum Gasteiger partial charge on any atom is 0.573 e. The molecule has 0 spiro atoms. The van der Waals surface area contributed by atoms with Crippen molar-refractivity contribution in [3.05, 3.63) is 54.4 Å². The summed E-state index contributed by atoms with van der Waals surface area (Å²) >= 11 is 0. The van der Waals surface area contributed by atoms with Crippen LogP contribution in [-0.4, -0.2) is 17.9 Å². The standard InChI is InChI=1S/C14H13F3N2O2/c15-14(16,17)21-12-4-2-1-3-11(12)20-13(9-18)10-5-7-19-8-6-10/h1-8,13H,9,18H2. The summed E-state index contributed by atoms with van der Waals surface area (Å²) in [7, 11) is 0. The lowest BCUT2D eigenvalue weighted by molar-refractivity contribution is -0.275. The Kier molecular flexibility index (Phi) is 4.64. The minimum atomic E-state index is -4.78. The Morgan fingerprint density at radius 1 is 1.05 bits per heavy atom. The fourth-order valence-corrected chi connectivity index (χ4v) is 1.74. The Labute approximate surface area is 119 Å². The second-order valence-electron chi connectivity index (χ2n) is 4.12. The zero-order valence-corrected chi connectivity index (χ0v) is 10.9. The number of pyridine rings is 1. The third kappa shape index (κ3) is 4.35. The SMILES string of the molecule is NCC(Oc1ccccc1OC(F)(F)F)c1ccncc1. The summed E-state index contributed by atoms with van der Waals surface area (Å²) in [5.74, 6) is -0.431. The number of benzene rings is 1. The van der Waals surface area contributed by atoms with E-state index in [1.165, 1.54) is 18.2 Å². The molecule has 0 aliphatic carbocycles. The van der Waals surface area contributed by atoms with Crippen molar-refractivity contribution in [3.8, 4) is 11.5 Å². The number of nitrogens with zero attached hydrogens (tertiary/aromatic N) is 1. The van der Waals surface area contributed by atoms with Crippen molar-refractivity contribution in [3.63, 3.8) is 0 Å². The molecule has 0 aliphatic rings. The van der Waals surface area contributed by atoms with Crippen LogP contribution in [0.5, 0.6) is 11.5 Å². The molecule has 0 saturated heterocycles. The number of hydrogen-bond acceptors (Lipinski definition) is 4. The van der Waals surface area contributed by atoms with Crippen LogP contribution in [0.15, 0.2) is 48.8 Å². The highest BCUT2D eigenvalue weighted by Gasteiger charge is 2.32. The van der Waals surface area contributed by atoms with Gasteiger partial charge in [-0.25, -0.2) is 0 Å². The molecule has 0 saturated carbocycles. The van der Waals surface area contributed by atoms with Crippen LogP contribution in [0.25, 0.3) is 0 Å². The van der Waals surface area contributed by atoms with E-state index in [1.807, 2.05) is 0 Å². The molecule has 7 heteroatoms. The molecule has 2 N–H and O–H groups in total. The highest BCUT2D eigenvalue weighted by Crippen LogP contribution is 2.34. The Bertz CT molecular complexity index is 576. The van der Waals surface area contributed by atoms with Gasteiger partial charge in [0, 0.05) is 18.9 Å². The van der Waals surface area contributed by atoms with E-state index in [2.05, 4.69) is 9.72 Å². The quantitative estimate of drug-likeness (QED) is 0.921. The number of alkyl halides is 3. The van der Waals surface area contributed by atoms with E-state index in [0.717, 1.165) is 0 Å². The van der Waals surface area contributed by atoms with Crippen LogP contribution in [0.4, 0.5) is 13.2 Å². The first-order valence-electron chi connectivity index (χ1n) is 6.11. The van der Waals surface area contributed by atoms with Gasteiger partial charge >= 0.3 is 6.36 Å². The Morgan fingerprint density at radius 3 is 2.24 bits per heavy atom. The zero-order valence-electron chi connectivity index (χ0n) is 10.9. The van der Waals surface area contributed by atoms with Gasteiger partial charge in [0.05, 0.1) is 0 Å². The molecule has 0 amide bonds. The molecule has 1 heterocycles. The van der Waals surface area contributed by atoms with E-state index in [4.69, 9.17) is 10.5 Å². The largest absolute Gasteiger partial charge is 0.573 e. The molecule has 0 fully saturated rings. The molecular formula is C14H13F3N2O2. The minimum Gasteiger partial charge on any atom is -0.481 e. The van der Waals surface area contributed by atoms with Crippen LogP contribution in [0.2, 0.25) is 0 Å². The van der Waals surface area contributed by atoms with Gasteiger partial charge in [-0.15, -0.1) is 13.2 Å². The van der Waals surface area contributed by atoms with Gasteiger partial charge in [-0.05, 0) is 29.8 Å². The van der Waals surface area contributed by atoms with Crippen LogP contribution in [-0.2, 0) is 0 Å². The van der Waals surface area contributed by atoms with Gasteiger partial charge in [0.25, 0.3) is 0 Å². The molecular weight excluding hydrogens is 285 g/mol. The smallest absolute Gasteiger partial charge is 0.481 e. The fourth-order valence-electron chi connectivity index (χ4n) is 1.74. The first kappa shape index (κ1) is 15.1. The van der Waals surface area contributed by atoms with E-state index in [1.54, 1.807) is 30.6 Å². The number of aromatic nitrogens is 1. The summed E-state index contributed by atoms with van der Waals surface area (Å²) in [5, 5.41) is 0. The van der Waals surface area contributed by atoms with Crippen molar-refractivity contribution < 1.29 is 22.6 Å². The predicted molar refractivity (Wildman–Crippen MR) is 69.8 cm³/mol. The molecule has 0 aliphatic heterocycles. The molecule has 0 radical (unpaired) electrons. The zero-order chi connectivity index (χ0) is 15.3. The summed E-state index contributed by atoms with van der Waals surface area (Å²) in [6, 6.07) is 8.93. The van der Waals surface area contributed by atoms with Crippen LogP contribution < -0.4 is 15.2 Å². The average Bonchev–Trinajstić information content (AvgIpc) is 2.45. The van der Waals surface area contributed by atoms with Crippen LogP contribution in [0, 0.1) is 0 Å². The average molecular weight is 298 g/mol. The topological polar surface area (TPSA) is 57.4 Å². The van der Waals surface area contributed by atoms with Crippen LogP contribution >= 0.6 is 0 Å². The number of para-hydroxylation sites is 2. The summed E-state index contributed by atoms with van der Waals surface area (Å²) in [6.45, 7) is 0.102. The summed E-state index contributed by atoms with van der Waals surface area (Å²) in [6.07, 6.45) is -2.27. The molecule has 1 atom stereocenters. The maximum absolute atomic E-state index is 12.4. The number of ether oxygens (including phenoxy) is 2. The normalized spacial score (nSPS) is 12.8. The summed E-state index contributed by atoms with van der Waals surface area (Å²) in [4.78, 5) is 3.87.